The summed E-state index contributed by atoms with van der Waals surface area (Å²) in [6, 6.07) is 0. The third kappa shape index (κ3) is 5.02. The predicted octanol–water partition coefficient (Wildman–Crippen LogP) is -3.81. The average Bonchev–Trinajstić information content (AvgIpc) is 2.34. The van der Waals surface area contributed by atoms with Crippen molar-refractivity contribution in [3.05, 3.63) is 0 Å². The van der Waals surface area contributed by atoms with Crippen molar-refractivity contribution in [2.45, 2.75) is 37.1 Å². The lowest BCUT2D eigenvalue weighted by Gasteiger charge is -2.25. The van der Waals surface area contributed by atoms with Crippen LogP contribution in [0.2, 0.25) is 0 Å². The third-order valence-electron chi connectivity index (χ3n) is 2.11. The summed E-state index contributed by atoms with van der Waals surface area (Å²) >= 11 is 0. The number of Topliss-reactive ketones (excluding diaryl/α,β-unsaturated/α-hetero) is 1. The molecule has 0 aliphatic heterocycles. The van der Waals surface area contributed by atoms with Crippen LogP contribution in [0, 0.1) is 0 Å². The first kappa shape index (κ1) is 16.4. The predicted molar refractivity (Wildman–Crippen MR) is 50.5 cm³/mol. The van der Waals surface area contributed by atoms with Crippen LogP contribution >= 0.6 is 0 Å². The molecule has 0 radical (unpaired) electrons. The van der Waals surface area contributed by atoms with Crippen molar-refractivity contribution in [3.8, 4) is 0 Å². The second kappa shape index (κ2) is 7.63. The lowest BCUT2D eigenvalue weighted by atomic mass is 9.99. The topological polar surface area (TPSA) is 168 Å². The maximum atomic E-state index is 11.0. The minimum atomic E-state index is -2.17. The summed E-state index contributed by atoms with van der Waals surface area (Å²) in [6.07, 6.45) is -10.3. The summed E-state index contributed by atoms with van der Waals surface area (Å²) in [7, 11) is 0. The molecule has 0 spiro atoms. The fourth-order valence-corrected chi connectivity index (χ4v) is 1.05. The second-order valence-electron chi connectivity index (χ2n) is 3.43. The smallest absolute Gasteiger partial charge is 0.248 e. The zero-order valence-corrected chi connectivity index (χ0v) is 8.75. The zero-order valence-electron chi connectivity index (χ0n) is 8.75. The molecule has 7 N–H and O–H groups in total. The molecule has 0 aliphatic carbocycles. The Morgan fingerprint density at radius 3 is 1.88 bits per heavy atom. The van der Waals surface area contributed by atoms with Crippen LogP contribution in [0.25, 0.3) is 0 Å². The molecule has 102 valence electrons. The van der Waals surface area contributed by atoms with Gasteiger partial charge in [0.05, 0.1) is 12.7 Å². The molecule has 0 amide bonds. The Labute approximate surface area is 96.1 Å². The van der Waals surface area contributed by atoms with Crippen LogP contribution in [-0.4, -0.2) is 79.0 Å². The van der Waals surface area contributed by atoms with Crippen LogP contribution in [0.15, 0.2) is 0 Å². The quantitative estimate of drug-likeness (QED) is 0.131. The third-order valence-corrected chi connectivity index (χ3v) is 2.11. The van der Waals surface area contributed by atoms with Crippen molar-refractivity contribution in [1.29, 1.82) is 0 Å². The number of aliphatic hydroxyl groups is 6. The van der Waals surface area contributed by atoms with Crippen molar-refractivity contribution in [3.63, 3.8) is 0 Å². The van der Waals surface area contributed by atoms with Crippen LogP contribution in [-0.2, 0) is 9.68 Å². The number of rotatable bonds is 8. The molecule has 17 heavy (non-hydrogen) atoms. The van der Waals surface area contributed by atoms with E-state index in [0.717, 1.165) is 0 Å². The van der Waals surface area contributed by atoms with E-state index >= 15 is 0 Å². The maximum Gasteiger partial charge on any atom is 0.248 e. The molecule has 0 rings (SSSR count). The zero-order chi connectivity index (χ0) is 13.6. The van der Waals surface area contributed by atoms with E-state index in [1.807, 2.05) is 0 Å². The minimum Gasteiger partial charge on any atom is -0.394 e. The largest absolute Gasteiger partial charge is 0.394 e. The number of carbonyl (C=O) groups is 1. The molecule has 9 nitrogen and oxygen atoms in total. The van der Waals surface area contributed by atoms with Gasteiger partial charge in [0, 0.05) is 6.42 Å². The number of carbonyl (C=O) groups excluding carboxylic acids is 1. The summed E-state index contributed by atoms with van der Waals surface area (Å²) in [5.74, 6) is -1.13. The van der Waals surface area contributed by atoms with E-state index in [2.05, 4.69) is 4.89 Å². The SMILES string of the molecule is O=C(CC(O)C(O)C(O)C(O)CO)C(O)OO. The molecule has 5 unspecified atom stereocenters. The van der Waals surface area contributed by atoms with E-state index in [9.17, 15) is 20.1 Å². The van der Waals surface area contributed by atoms with Crippen LogP contribution < -0.4 is 0 Å². The molecule has 0 aromatic rings. The van der Waals surface area contributed by atoms with Gasteiger partial charge in [-0.2, -0.15) is 4.89 Å². The molecular formula is C8H16O9. The molecule has 0 saturated carbocycles. The Morgan fingerprint density at radius 1 is 1.00 bits per heavy atom. The number of ketones is 1. The molecule has 0 aromatic heterocycles. The monoisotopic (exact) mass is 256 g/mol. The first-order chi connectivity index (χ1) is 7.84. The average molecular weight is 256 g/mol. The molecular weight excluding hydrogens is 240 g/mol. The highest BCUT2D eigenvalue weighted by atomic mass is 17.1. The molecule has 0 aliphatic rings. The van der Waals surface area contributed by atoms with Gasteiger partial charge in [0.25, 0.3) is 0 Å². The number of hydrogen-bond acceptors (Lipinski definition) is 9. The summed E-state index contributed by atoms with van der Waals surface area (Å²) in [6.45, 7) is -0.846. The van der Waals surface area contributed by atoms with Gasteiger partial charge < -0.3 is 30.6 Å². The summed E-state index contributed by atoms with van der Waals surface area (Å²) in [5.41, 5.74) is 0. The van der Waals surface area contributed by atoms with Crippen LogP contribution in [0.3, 0.4) is 0 Å². The minimum absolute atomic E-state index is 0.821. The maximum absolute atomic E-state index is 11.0. The van der Waals surface area contributed by atoms with Crippen LogP contribution in [0.1, 0.15) is 6.42 Å². The number of hydrogen-bond donors (Lipinski definition) is 7. The second-order valence-corrected chi connectivity index (χ2v) is 3.43. The Hall–Kier alpha value is -0.650. The lowest BCUT2D eigenvalue weighted by molar-refractivity contribution is -0.321. The Bertz CT molecular complexity index is 233. The van der Waals surface area contributed by atoms with Gasteiger partial charge >= 0.3 is 0 Å². The van der Waals surface area contributed by atoms with Crippen molar-refractivity contribution in [1.82, 2.24) is 0 Å². The van der Waals surface area contributed by atoms with Gasteiger partial charge in [0.2, 0.25) is 6.29 Å². The van der Waals surface area contributed by atoms with Gasteiger partial charge in [0.1, 0.15) is 18.3 Å². The Kier molecular flexibility index (Phi) is 7.34. The molecule has 0 bridgehead atoms. The van der Waals surface area contributed by atoms with Gasteiger partial charge in [-0.1, -0.05) is 0 Å². The van der Waals surface area contributed by atoms with Gasteiger partial charge in [-0.3, -0.25) is 4.79 Å². The first-order valence-corrected chi connectivity index (χ1v) is 4.69. The van der Waals surface area contributed by atoms with Gasteiger partial charge in [-0.05, 0) is 0 Å². The fraction of sp³-hybridized carbons (Fsp3) is 0.875. The lowest BCUT2D eigenvalue weighted by Crippen LogP contribution is -2.47. The van der Waals surface area contributed by atoms with Gasteiger partial charge in [0.15, 0.2) is 5.78 Å². The fourth-order valence-electron chi connectivity index (χ4n) is 1.05. The van der Waals surface area contributed by atoms with Crippen molar-refractivity contribution >= 4 is 5.78 Å². The van der Waals surface area contributed by atoms with E-state index in [1.165, 1.54) is 0 Å². The summed E-state index contributed by atoms with van der Waals surface area (Å²) in [5, 5.41) is 61.8. The standard InChI is InChI=1S/C8H16O9/c9-2-5(12)7(14)6(13)3(10)1-4(11)8(15)17-16/h3,5-10,12-16H,1-2H2. The summed E-state index contributed by atoms with van der Waals surface area (Å²) < 4.78 is 0. The van der Waals surface area contributed by atoms with E-state index in [0.29, 0.717) is 0 Å². The highest BCUT2D eigenvalue weighted by molar-refractivity contribution is 5.81. The Morgan fingerprint density at radius 2 is 1.47 bits per heavy atom. The van der Waals surface area contributed by atoms with Crippen molar-refractivity contribution in [2.75, 3.05) is 6.61 Å². The van der Waals surface area contributed by atoms with E-state index in [1.54, 1.807) is 0 Å². The molecule has 5 atom stereocenters. The van der Waals surface area contributed by atoms with Gasteiger partial charge in [-0.15, -0.1) is 0 Å². The van der Waals surface area contributed by atoms with Crippen LogP contribution in [0.4, 0.5) is 0 Å². The Balaban J connectivity index is 4.31. The van der Waals surface area contributed by atoms with Crippen molar-refractivity contribution in [2.24, 2.45) is 0 Å². The molecule has 0 fully saturated rings. The highest BCUT2D eigenvalue weighted by Crippen LogP contribution is 2.09. The number of aliphatic hydroxyl groups excluding tert-OH is 6. The van der Waals surface area contributed by atoms with Gasteiger partial charge in [-0.25, -0.2) is 5.26 Å². The first-order valence-electron chi connectivity index (χ1n) is 4.69. The van der Waals surface area contributed by atoms with Crippen molar-refractivity contribution < 1.29 is 45.6 Å². The highest BCUT2D eigenvalue weighted by Gasteiger charge is 2.32. The summed E-state index contributed by atoms with van der Waals surface area (Å²) in [4.78, 5) is 14.2. The molecule has 0 heterocycles. The van der Waals surface area contributed by atoms with Crippen LogP contribution in [0.5, 0.6) is 0 Å². The molecule has 9 heteroatoms. The van der Waals surface area contributed by atoms with E-state index in [-0.39, 0.29) is 0 Å². The molecule has 0 aromatic carbocycles. The van der Waals surface area contributed by atoms with E-state index < -0.39 is 49.5 Å². The normalized spacial score (nSPS) is 20.4. The molecule has 0 saturated heterocycles. The van der Waals surface area contributed by atoms with E-state index in [4.69, 9.17) is 20.6 Å².